The molecule has 8 nitrogen and oxygen atoms in total. The van der Waals surface area contributed by atoms with Crippen LogP contribution in [0.5, 0.6) is 0 Å². The summed E-state index contributed by atoms with van der Waals surface area (Å²) in [5, 5.41) is 25.6. The number of rotatable bonds is 6. The highest BCUT2D eigenvalue weighted by Crippen LogP contribution is 2.03. The minimum absolute atomic E-state index is 0.154. The van der Waals surface area contributed by atoms with Crippen molar-refractivity contribution in [1.29, 1.82) is 0 Å². The van der Waals surface area contributed by atoms with Crippen LogP contribution in [-0.2, 0) is 0 Å². The highest BCUT2D eigenvalue weighted by molar-refractivity contribution is 7.80. The zero-order valence-corrected chi connectivity index (χ0v) is 14.1. The van der Waals surface area contributed by atoms with Crippen LogP contribution in [0.3, 0.4) is 0 Å². The van der Waals surface area contributed by atoms with Gasteiger partial charge in [0.05, 0.1) is 23.6 Å². The first-order valence-corrected chi connectivity index (χ1v) is 7.65. The Morgan fingerprint density at radius 2 is 1.12 bits per heavy atom. The predicted octanol–water partition coefficient (Wildman–Crippen LogP) is 1.92. The van der Waals surface area contributed by atoms with Gasteiger partial charge in [-0.3, -0.25) is 10.9 Å². The van der Waals surface area contributed by atoms with Crippen molar-refractivity contribution in [3.8, 4) is 0 Å². The summed E-state index contributed by atoms with van der Waals surface area (Å²) >= 11 is 4.99. The fraction of sp³-hybridized carbons (Fsp3) is 0. The van der Waals surface area contributed by atoms with Crippen LogP contribution >= 0.6 is 12.2 Å². The summed E-state index contributed by atoms with van der Waals surface area (Å²) < 4.78 is 0. The molecule has 0 amide bonds. The van der Waals surface area contributed by atoms with E-state index in [9.17, 15) is 9.59 Å². The summed E-state index contributed by atoms with van der Waals surface area (Å²) in [6.45, 7) is 0. The molecule has 0 atom stereocenters. The third-order valence-corrected chi connectivity index (χ3v) is 3.26. The monoisotopic (exact) mass is 370 g/mol. The Morgan fingerprint density at radius 1 is 0.769 bits per heavy atom. The van der Waals surface area contributed by atoms with Gasteiger partial charge < -0.3 is 10.2 Å². The summed E-state index contributed by atoms with van der Waals surface area (Å²) in [4.78, 5) is 21.5. The first-order valence-electron chi connectivity index (χ1n) is 7.24. The maximum absolute atomic E-state index is 10.8. The van der Waals surface area contributed by atoms with Crippen LogP contribution < -0.4 is 10.9 Å². The molecule has 4 N–H and O–H groups in total. The van der Waals surface area contributed by atoms with Crippen molar-refractivity contribution in [1.82, 2.24) is 10.9 Å². The number of nitrogens with one attached hydrogen (secondary N) is 2. The van der Waals surface area contributed by atoms with E-state index in [4.69, 9.17) is 22.4 Å². The van der Waals surface area contributed by atoms with Gasteiger partial charge in [0.1, 0.15) is 0 Å². The second-order valence-corrected chi connectivity index (χ2v) is 5.33. The number of carbonyl (C=O) groups is 2. The largest absolute Gasteiger partial charge is 0.478 e. The number of hydrogen-bond acceptors (Lipinski definition) is 5. The third-order valence-electron chi connectivity index (χ3n) is 3.07. The molecule has 0 aliphatic heterocycles. The summed E-state index contributed by atoms with van der Waals surface area (Å²) in [7, 11) is 0. The molecule has 9 heteroatoms. The number of carboxylic acid groups (broad SMARTS) is 2. The van der Waals surface area contributed by atoms with Crippen molar-refractivity contribution in [2.75, 3.05) is 0 Å². The topological polar surface area (TPSA) is 123 Å². The van der Waals surface area contributed by atoms with Gasteiger partial charge in [-0.1, -0.05) is 24.3 Å². The van der Waals surface area contributed by atoms with Crippen molar-refractivity contribution in [3.05, 3.63) is 70.8 Å². The van der Waals surface area contributed by atoms with Gasteiger partial charge in [0.2, 0.25) is 5.11 Å². The molecule has 0 radical (unpaired) electrons. The minimum atomic E-state index is -0.993. The average Bonchev–Trinajstić information content (AvgIpc) is 2.62. The maximum atomic E-state index is 10.8. The normalized spacial score (nSPS) is 10.8. The first kappa shape index (κ1) is 18.7. The van der Waals surface area contributed by atoms with Gasteiger partial charge in [0.25, 0.3) is 0 Å². The molecule has 0 saturated heterocycles. The van der Waals surface area contributed by atoms with Crippen LogP contribution in [0.1, 0.15) is 31.8 Å². The van der Waals surface area contributed by atoms with Gasteiger partial charge in [-0.05, 0) is 47.6 Å². The molecule has 0 aromatic heterocycles. The fourth-order valence-corrected chi connectivity index (χ4v) is 1.88. The number of thiocarbonyl (C=S) groups is 1. The first-order chi connectivity index (χ1) is 12.5. The van der Waals surface area contributed by atoms with Gasteiger partial charge in [0, 0.05) is 0 Å². The quantitative estimate of drug-likeness (QED) is 0.348. The Morgan fingerprint density at radius 3 is 1.42 bits per heavy atom. The molecule has 0 fully saturated rings. The number of hydrogen-bond donors (Lipinski definition) is 4. The van der Waals surface area contributed by atoms with Gasteiger partial charge in [-0.2, -0.15) is 10.2 Å². The Labute approximate surface area is 153 Å². The van der Waals surface area contributed by atoms with Crippen LogP contribution in [0.25, 0.3) is 0 Å². The number of hydrazone groups is 2. The molecule has 2 rings (SSSR count). The van der Waals surface area contributed by atoms with E-state index in [1.165, 1.54) is 36.7 Å². The van der Waals surface area contributed by atoms with Gasteiger partial charge >= 0.3 is 11.9 Å². The molecular weight excluding hydrogens is 356 g/mol. The molecular formula is C17H14N4O4S. The van der Waals surface area contributed by atoms with Crippen molar-refractivity contribution in [3.63, 3.8) is 0 Å². The lowest BCUT2D eigenvalue weighted by atomic mass is 10.1. The smallest absolute Gasteiger partial charge is 0.335 e. The van der Waals surface area contributed by atoms with E-state index in [1.807, 2.05) is 0 Å². The van der Waals surface area contributed by atoms with E-state index in [1.54, 1.807) is 24.3 Å². The van der Waals surface area contributed by atoms with Crippen LogP contribution in [0.4, 0.5) is 0 Å². The molecule has 0 unspecified atom stereocenters. The summed E-state index contributed by atoms with van der Waals surface area (Å²) in [5.74, 6) is -1.99. The maximum Gasteiger partial charge on any atom is 0.335 e. The van der Waals surface area contributed by atoms with Crippen molar-refractivity contribution in [2.24, 2.45) is 10.2 Å². The van der Waals surface area contributed by atoms with E-state index in [-0.39, 0.29) is 16.2 Å². The number of carboxylic acids is 2. The predicted molar refractivity (Wildman–Crippen MR) is 101 cm³/mol. The molecule has 0 heterocycles. The molecule has 0 spiro atoms. The van der Waals surface area contributed by atoms with Crippen molar-refractivity contribution >= 4 is 41.7 Å². The summed E-state index contributed by atoms with van der Waals surface area (Å²) in [5.41, 5.74) is 6.91. The van der Waals surface area contributed by atoms with Gasteiger partial charge in [0.15, 0.2) is 0 Å². The zero-order valence-electron chi connectivity index (χ0n) is 13.3. The number of benzene rings is 2. The van der Waals surface area contributed by atoms with Crippen molar-refractivity contribution in [2.45, 2.75) is 0 Å². The standard InChI is InChI=1S/C17H14N4O4S/c22-15(23)13-5-1-11(2-6-13)9-18-20-17(26)21-19-10-12-3-7-14(8-4-12)16(24)25/h1-10H,(H,22,23)(H,24,25)(H2,20,21,26)/b18-9-,19-10-. The van der Waals surface area contributed by atoms with E-state index in [0.29, 0.717) is 11.1 Å². The van der Waals surface area contributed by atoms with Gasteiger partial charge in [-0.25, -0.2) is 9.59 Å². The summed E-state index contributed by atoms with van der Waals surface area (Å²) in [6.07, 6.45) is 2.96. The molecule has 132 valence electrons. The van der Waals surface area contributed by atoms with Crippen LogP contribution in [0, 0.1) is 0 Å². The lowest BCUT2D eigenvalue weighted by molar-refractivity contribution is 0.0686. The van der Waals surface area contributed by atoms with E-state index >= 15 is 0 Å². The third kappa shape index (κ3) is 5.80. The lowest BCUT2D eigenvalue weighted by Gasteiger charge is -2.01. The molecule has 2 aromatic carbocycles. The Kier molecular flexibility index (Phi) is 6.52. The van der Waals surface area contributed by atoms with E-state index in [0.717, 1.165) is 0 Å². The molecule has 26 heavy (non-hydrogen) atoms. The molecule has 0 saturated carbocycles. The van der Waals surface area contributed by atoms with Gasteiger partial charge in [-0.15, -0.1) is 0 Å². The number of aromatic carboxylic acids is 2. The second-order valence-electron chi connectivity index (χ2n) is 4.92. The zero-order chi connectivity index (χ0) is 18.9. The SMILES string of the molecule is O=C(O)c1ccc(/C=N\NC(=S)N/N=C\c2ccc(C(=O)O)cc2)cc1. The highest BCUT2D eigenvalue weighted by Gasteiger charge is 2.01. The molecule has 0 bridgehead atoms. The van der Waals surface area contributed by atoms with Crippen LogP contribution in [0.2, 0.25) is 0 Å². The fourth-order valence-electron chi connectivity index (χ4n) is 1.78. The molecule has 2 aromatic rings. The Hall–Kier alpha value is -3.59. The second kappa shape index (κ2) is 9.04. The van der Waals surface area contributed by atoms with Crippen LogP contribution in [-0.4, -0.2) is 39.7 Å². The van der Waals surface area contributed by atoms with E-state index in [2.05, 4.69) is 21.1 Å². The van der Waals surface area contributed by atoms with E-state index < -0.39 is 11.9 Å². The molecule has 0 aliphatic rings. The Balaban J connectivity index is 1.81. The van der Waals surface area contributed by atoms with Crippen molar-refractivity contribution < 1.29 is 19.8 Å². The average molecular weight is 370 g/mol. The minimum Gasteiger partial charge on any atom is -0.478 e. The lowest BCUT2D eigenvalue weighted by Crippen LogP contribution is -2.28. The Bertz CT molecular complexity index is 790. The molecule has 0 aliphatic carbocycles. The summed E-state index contributed by atoms with van der Waals surface area (Å²) in [6, 6.07) is 12.4. The number of nitrogens with zero attached hydrogens (tertiary/aromatic N) is 2. The highest BCUT2D eigenvalue weighted by atomic mass is 32.1. The van der Waals surface area contributed by atoms with Crippen LogP contribution in [0.15, 0.2) is 58.7 Å².